The van der Waals surface area contributed by atoms with Crippen LogP contribution in [0.1, 0.15) is 37.3 Å². The van der Waals surface area contributed by atoms with E-state index in [9.17, 15) is 0 Å². The lowest BCUT2D eigenvalue weighted by atomic mass is 9.69. The van der Waals surface area contributed by atoms with Crippen molar-refractivity contribution in [3.05, 3.63) is 82.3 Å². The number of rotatable bonds is 6. The highest BCUT2D eigenvalue weighted by molar-refractivity contribution is 9.10. The first-order valence-corrected chi connectivity index (χ1v) is 11.2. The van der Waals surface area contributed by atoms with E-state index in [2.05, 4.69) is 94.9 Å². The molecule has 0 saturated carbocycles. The van der Waals surface area contributed by atoms with Crippen LogP contribution in [0.25, 0.3) is 10.8 Å². The third-order valence-electron chi connectivity index (χ3n) is 6.36. The van der Waals surface area contributed by atoms with Gasteiger partial charge in [-0.15, -0.1) is 0 Å². The fraction of sp³-hybridized carbons (Fsp3) is 0.360. The Bertz CT molecular complexity index is 943. The smallest absolute Gasteiger partial charge is 0.0499 e. The molecular weight excluding hydrogens is 408 g/mol. The van der Waals surface area contributed by atoms with Gasteiger partial charge in [-0.3, -0.25) is 0 Å². The molecular formula is C25H29BrN2. The minimum Gasteiger partial charge on any atom is -0.321 e. The third-order valence-corrected chi connectivity index (χ3v) is 6.86. The summed E-state index contributed by atoms with van der Waals surface area (Å²) in [5.41, 5.74) is 9.56. The molecule has 1 heterocycles. The van der Waals surface area contributed by atoms with Crippen molar-refractivity contribution in [1.29, 1.82) is 0 Å². The summed E-state index contributed by atoms with van der Waals surface area (Å²) in [4.78, 5) is 0. The number of hydrogen-bond acceptors (Lipinski definition) is 2. The second-order valence-corrected chi connectivity index (χ2v) is 9.01. The second-order valence-electron chi connectivity index (χ2n) is 8.09. The molecule has 1 fully saturated rings. The van der Waals surface area contributed by atoms with E-state index in [1.165, 1.54) is 34.7 Å². The Balaban J connectivity index is 1.86. The van der Waals surface area contributed by atoms with E-state index < -0.39 is 5.54 Å². The van der Waals surface area contributed by atoms with Gasteiger partial charge in [0, 0.05) is 16.1 Å². The average molecular weight is 437 g/mol. The van der Waals surface area contributed by atoms with E-state index in [1.54, 1.807) is 0 Å². The highest BCUT2D eigenvalue weighted by atomic mass is 79.9. The fourth-order valence-electron chi connectivity index (χ4n) is 5.10. The summed E-state index contributed by atoms with van der Waals surface area (Å²) in [6, 6.07) is 24.3. The van der Waals surface area contributed by atoms with Gasteiger partial charge in [0.2, 0.25) is 0 Å². The summed E-state index contributed by atoms with van der Waals surface area (Å²) in [5.74, 6) is 0.375. The number of nitrogens with two attached hydrogens (primary N) is 1. The normalized spacial score (nSPS) is 20.2. The van der Waals surface area contributed by atoms with Crippen molar-refractivity contribution in [3.8, 4) is 0 Å². The van der Waals surface area contributed by atoms with Gasteiger partial charge in [0.1, 0.15) is 0 Å². The molecule has 2 nitrogen and oxygen atoms in total. The molecule has 0 aliphatic carbocycles. The molecule has 0 spiro atoms. The molecule has 0 bridgehead atoms. The minimum absolute atomic E-state index is 0.375. The Morgan fingerprint density at radius 3 is 2.64 bits per heavy atom. The zero-order valence-electron chi connectivity index (χ0n) is 16.5. The highest BCUT2D eigenvalue weighted by Gasteiger charge is 2.42. The lowest BCUT2D eigenvalue weighted by molar-refractivity contribution is 0.210. The van der Waals surface area contributed by atoms with Crippen LogP contribution in [0.15, 0.2) is 71.2 Å². The summed E-state index contributed by atoms with van der Waals surface area (Å²) >= 11 is 3.63. The predicted octanol–water partition coefficient (Wildman–Crippen LogP) is 5.78. The molecule has 0 radical (unpaired) electrons. The van der Waals surface area contributed by atoms with Gasteiger partial charge < -0.3 is 11.1 Å². The number of hydrogen-bond donors (Lipinski definition) is 2. The third kappa shape index (κ3) is 3.76. The number of benzene rings is 3. The number of nitrogens with one attached hydrogen (secondary N) is 1. The lowest BCUT2D eigenvalue weighted by Gasteiger charge is -2.42. The van der Waals surface area contributed by atoms with Crippen molar-refractivity contribution in [2.75, 3.05) is 6.54 Å². The van der Waals surface area contributed by atoms with Gasteiger partial charge in [0.05, 0.1) is 0 Å². The summed E-state index contributed by atoms with van der Waals surface area (Å²) in [6.07, 6.45) is 4.34. The lowest BCUT2D eigenvalue weighted by Crippen LogP contribution is -2.52. The van der Waals surface area contributed by atoms with E-state index in [0.29, 0.717) is 12.0 Å². The maximum absolute atomic E-state index is 7.45. The van der Waals surface area contributed by atoms with Gasteiger partial charge in [-0.1, -0.05) is 77.5 Å². The van der Waals surface area contributed by atoms with E-state index in [0.717, 1.165) is 23.9 Å². The molecule has 1 aliphatic rings. The Kier molecular flexibility index (Phi) is 5.86. The van der Waals surface area contributed by atoms with Crippen LogP contribution in [0.4, 0.5) is 0 Å². The molecule has 3 aromatic rings. The SMILES string of the molecule is CCC(C1CCCN1)C(N)(Cc1cccc(Br)c1)c1cccc2ccccc12. The molecule has 28 heavy (non-hydrogen) atoms. The van der Waals surface area contributed by atoms with Gasteiger partial charge in [0.15, 0.2) is 0 Å². The van der Waals surface area contributed by atoms with Crippen molar-refractivity contribution in [3.63, 3.8) is 0 Å². The first-order valence-electron chi connectivity index (χ1n) is 10.4. The van der Waals surface area contributed by atoms with Crippen molar-refractivity contribution < 1.29 is 0 Å². The van der Waals surface area contributed by atoms with Gasteiger partial charge in [-0.2, -0.15) is 0 Å². The van der Waals surface area contributed by atoms with Gasteiger partial charge in [-0.25, -0.2) is 0 Å². The van der Waals surface area contributed by atoms with Gasteiger partial charge in [-0.05, 0) is 72.2 Å². The van der Waals surface area contributed by atoms with Crippen LogP contribution >= 0.6 is 15.9 Å². The quantitative estimate of drug-likeness (QED) is 0.513. The Hall–Kier alpha value is -1.68. The van der Waals surface area contributed by atoms with Crippen molar-refractivity contribution in [1.82, 2.24) is 5.32 Å². The van der Waals surface area contributed by atoms with Crippen LogP contribution in [0.3, 0.4) is 0 Å². The van der Waals surface area contributed by atoms with Crippen LogP contribution in [0.5, 0.6) is 0 Å². The van der Waals surface area contributed by atoms with Crippen molar-refractivity contribution >= 4 is 26.7 Å². The van der Waals surface area contributed by atoms with Crippen LogP contribution in [0.2, 0.25) is 0 Å². The molecule has 0 amide bonds. The molecule has 146 valence electrons. The van der Waals surface area contributed by atoms with Gasteiger partial charge >= 0.3 is 0 Å². The molecule has 1 saturated heterocycles. The second kappa shape index (κ2) is 8.36. The first kappa shape index (κ1) is 19.6. The van der Waals surface area contributed by atoms with E-state index in [-0.39, 0.29) is 0 Å². The fourth-order valence-corrected chi connectivity index (χ4v) is 5.55. The Morgan fingerprint density at radius 1 is 1.11 bits per heavy atom. The van der Waals surface area contributed by atoms with Crippen LogP contribution in [-0.4, -0.2) is 12.6 Å². The Labute approximate surface area is 176 Å². The van der Waals surface area contributed by atoms with Crippen LogP contribution in [0, 0.1) is 5.92 Å². The van der Waals surface area contributed by atoms with E-state index >= 15 is 0 Å². The zero-order valence-corrected chi connectivity index (χ0v) is 18.1. The summed E-state index contributed by atoms with van der Waals surface area (Å²) < 4.78 is 1.11. The van der Waals surface area contributed by atoms with Crippen LogP contribution in [-0.2, 0) is 12.0 Å². The molecule has 3 unspecified atom stereocenters. The summed E-state index contributed by atoms with van der Waals surface area (Å²) in [7, 11) is 0. The highest BCUT2D eigenvalue weighted by Crippen LogP contribution is 2.40. The minimum atomic E-state index is -0.432. The topological polar surface area (TPSA) is 38.0 Å². The maximum atomic E-state index is 7.45. The molecule has 4 rings (SSSR count). The first-order chi connectivity index (χ1) is 13.6. The van der Waals surface area contributed by atoms with Crippen molar-refractivity contribution in [2.24, 2.45) is 11.7 Å². The average Bonchev–Trinajstić information content (AvgIpc) is 3.22. The number of halogens is 1. The molecule has 3 aromatic carbocycles. The maximum Gasteiger partial charge on any atom is 0.0499 e. The summed E-state index contributed by atoms with van der Waals surface area (Å²) in [6.45, 7) is 3.39. The zero-order chi connectivity index (χ0) is 19.6. The van der Waals surface area contributed by atoms with Gasteiger partial charge in [0.25, 0.3) is 0 Å². The van der Waals surface area contributed by atoms with E-state index in [4.69, 9.17) is 5.73 Å². The predicted molar refractivity (Wildman–Crippen MR) is 122 cm³/mol. The molecule has 3 heteroatoms. The molecule has 3 atom stereocenters. The molecule has 3 N–H and O–H groups in total. The molecule has 1 aliphatic heterocycles. The van der Waals surface area contributed by atoms with E-state index in [1.807, 2.05) is 0 Å². The Morgan fingerprint density at radius 2 is 1.89 bits per heavy atom. The van der Waals surface area contributed by atoms with Crippen LogP contribution < -0.4 is 11.1 Å². The molecule has 0 aromatic heterocycles. The summed E-state index contributed by atoms with van der Waals surface area (Å²) in [5, 5.41) is 6.28. The van der Waals surface area contributed by atoms with Crippen molar-refractivity contribution in [2.45, 2.75) is 44.2 Å². The number of fused-ring (bicyclic) bond motifs is 1. The largest absolute Gasteiger partial charge is 0.321 e. The standard InChI is InChI=1S/C25H29BrN2/c1-2-22(24-14-7-15-28-24)25(27,17-18-8-5-11-20(26)16-18)23-13-6-10-19-9-3-4-12-21(19)23/h3-6,8-13,16,22,24,28H,2,7,14-15,17,27H2,1H3. The monoisotopic (exact) mass is 436 g/mol.